The summed E-state index contributed by atoms with van der Waals surface area (Å²) in [6.07, 6.45) is 2.62. The Kier molecular flexibility index (Phi) is 7.31. The van der Waals surface area contributed by atoms with Crippen molar-refractivity contribution in [2.75, 3.05) is 26.3 Å². The average molecular weight is 401 g/mol. The highest BCUT2D eigenvalue weighted by Crippen LogP contribution is 2.32. The van der Waals surface area contributed by atoms with Crippen LogP contribution in [0.1, 0.15) is 49.9 Å². The maximum atomic E-state index is 11.9. The predicted octanol–water partition coefficient (Wildman–Crippen LogP) is 3.60. The average Bonchev–Trinajstić information content (AvgIpc) is 2.99. The Morgan fingerprint density at radius 3 is 2.48 bits per heavy atom. The molecule has 0 radical (unpaired) electrons. The normalized spacial score (nSPS) is 14.0. The minimum absolute atomic E-state index is 0.114. The molecule has 3 rings (SSSR count). The minimum Gasteiger partial charge on any atom is -0.466 e. The van der Waals surface area contributed by atoms with Crippen LogP contribution >= 0.6 is 0 Å². The molecule has 1 aliphatic heterocycles. The summed E-state index contributed by atoms with van der Waals surface area (Å²) in [5.74, 6) is -0.261. The van der Waals surface area contributed by atoms with Crippen LogP contribution in [0.3, 0.4) is 0 Å². The summed E-state index contributed by atoms with van der Waals surface area (Å²) in [5.41, 5.74) is 5.12. The molecular weight excluding hydrogens is 368 g/mol. The van der Waals surface area contributed by atoms with E-state index < -0.39 is 0 Å². The SMILES string of the molecule is CCOC(=O)CCCN1CCc2c(c3cc(C)ccc3n2CCC(=O)OCC)C1. The van der Waals surface area contributed by atoms with E-state index in [2.05, 4.69) is 34.6 Å². The van der Waals surface area contributed by atoms with Crippen molar-refractivity contribution in [2.45, 2.75) is 59.5 Å². The minimum atomic E-state index is -0.147. The Bertz CT molecular complexity index is 871. The number of carbonyl (C=O) groups is 2. The molecule has 1 aliphatic rings. The van der Waals surface area contributed by atoms with Crippen molar-refractivity contribution in [1.82, 2.24) is 9.47 Å². The number of aryl methyl sites for hydroxylation is 2. The first-order chi connectivity index (χ1) is 14.0. The third-order valence-electron chi connectivity index (χ3n) is 5.49. The van der Waals surface area contributed by atoms with Crippen LogP contribution in [0.2, 0.25) is 0 Å². The van der Waals surface area contributed by atoms with Crippen LogP contribution in [0.25, 0.3) is 10.9 Å². The van der Waals surface area contributed by atoms with E-state index in [1.54, 1.807) is 0 Å². The number of rotatable bonds is 9. The summed E-state index contributed by atoms with van der Waals surface area (Å²) in [6, 6.07) is 6.54. The summed E-state index contributed by atoms with van der Waals surface area (Å²) in [6.45, 7) is 10.0. The van der Waals surface area contributed by atoms with E-state index in [9.17, 15) is 9.59 Å². The van der Waals surface area contributed by atoms with Crippen LogP contribution in [0, 0.1) is 6.92 Å². The van der Waals surface area contributed by atoms with Gasteiger partial charge in [0.25, 0.3) is 0 Å². The molecule has 0 saturated carbocycles. The zero-order valence-electron chi connectivity index (χ0n) is 17.8. The molecule has 0 N–H and O–H groups in total. The molecular formula is C23H32N2O4. The van der Waals surface area contributed by atoms with Crippen LogP contribution < -0.4 is 0 Å². The van der Waals surface area contributed by atoms with E-state index in [4.69, 9.17) is 9.47 Å². The van der Waals surface area contributed by atoms with Gasteiger partial charge in [0.2, 0.25) is 0 Å². The molecule has 1 aromatic heterocycles. The third kappa shape index (κ3) is 5.18. The molecule has 0 bridgehead atoms. The lowest BCUT2D eigenvalue weighted by molar-refractivity contribution is -0.144. The lowest BCUT2D eigenvalue weighted by Gasteiger charge is -2.28. The van der Waals surface area contributed by atoms with E-state index in [0.29, 0.717) is 32.6 Å². The van der Waals surface area contributed by atoms with Gasteiger partial charge < -0.3 is 14.0 Å². The van der Waals surface area contributed by atoms with Gasteiger partial charge >= 0.3 is 11.9 Å². The topological polar surface area (TPSA) is 60.8 Å². The monoisotopic (exact) mass is 400 g/mol. The molecule has 0 unspecified atom stereocenters. The maximum Gasteiger partial charge on any atom is 0.307 e. The van der Waals surface area contributed by atoms with Gasteiger partial charge in [-0.05, 0) is 51.4 Å². The number of carbonyl (C=O) groups excluding carboxylic acids is 2. The van der Waals surface area contributed by atoms with Crippen LogP contribution in [0.15, 0.2) is 18.2 Å². The lowest BCUT2D eigenvalue weighted by Crippen LogP contribution is -2.32. The first-order valence-electron chi connectivity index (χ1n) is 10.7. The fraction of sp³-hybridized carbons (Fsp3) is 0.565. The van der Waals surface area contributed by atoms with Gasteiger partial charge in [-0.15, -0.1) is 0 Å². The van der Waals surface area contributed by atoms with Crippen molar-refractivity contribution in [3.63, 3.8) is 0 Å². The van der Waals surface area contributed by atoms with Gasteiger partial charge in [-0.1, -0.05) is 11.6 Å². The summed E-state index contributed by atoms with van der Waals surface area (Å²) in [4.78, 5) is 25.9. The molecule has 0 atom stereocenters. The van der Waals surface area contributed by atoms with Crippen molar-refractivity contribution in [3.05, 3.63) is 35.0 Å². The molecule has 0 amide bonds. The lowest BCUT2D eigenvalue weighted by atomic mass is 10.0. The van der Waals surface area contributed by atoms with E-state index in [-0.39, 0.29) is 11.9 Å². The second-order valence-corrected chi connectivity index (χ2v) is 7.59. The standard InChI is InChI=1S/C23H32N2O4/c1-4-28-22(26)7-6-12-24-13-10-21-19(16-24)18-15-17(3)8-9-20(18)25(21)14-11-23(27)29-5-2/h8-9,15H,4-7,10-14,16H2,1-3H3. The largest absolute Gasteiger partial charge is 0.466 e. The van der Waals surface area contributed by atoms with Gasteiger partial charge in [0.1, 0.15) is 0 Å². The van der Waals surface area contributed by atoms with Gasteiger partial charge in [0.05, 0.1) is 19.6 Å². The Balaban J connectivity index is 1.75. The molecule has 0 spiro atoms. The quantitative estimate of drug-likeness (QED) is 0.602. The molecule has 0 saturated heterocycles. The molecule has 0 fully saturated rings. The number of hydrogen-bond acceptors (Lipinski definition) is 5. The van der Waals surface area contributed by atoms with E-state index >= 15 is 0 Å². The third-order valence-corrected chi connectivity index (χ3v) is 5.49. The number of fused-ring (bicyclic) bond motifs is 3. The number of hydrogen-bond donors (Lipinski definition) is 0. The number of benzene rings is 1. The smallest absolute Gasteiger partial charge is 0.307 e. The number of ether oxygens (including phenoxy) is 2. The second-order valence-electron chi connectivity index (χ2n) is 7.59. The Morgan fingerprint density at radius 2 is 1.76 bits per heavy atom. The first-order valence-corrected chi connectivity index (χ1v) is 10.7. The maximum absolute atomic E-state index is 11.9. The van der Waals surface area contributed by atoms with Crippen molar-refractivity contribution < 1.29 is 19.1 Å². The Labute approximate surface area is 172 Å². The van der Waals surface area contributed by atoms with Gasteiger partial charge in [0.15, 0.2) is 0 Å². The van der Waals surface area contributed by atoms with Gasteiger partial charge in [0, 0.05) is 49.1 Å². The summed E-state index contributed by atoms with van der Waals surface area (Å²) >= 11 is 0. The van der Waals surface area contributed by atoms with Gasteiger partial charge in [-0.3, -0.25) is 14.5 Å². The highest BCUT2D eigenvalue weighted by Gasteiger charge is 2.24. The van der Waals surface area contributed by atoms with Crippen molar-refractivity contribution in [1.29, 1.82) is 0 Å². The van der Waals surface area contributed by atoms with Gasteiger partial charge in [-0.2, -0.15) is 0 Å². The molecule has 158 valence electrons. The number of aromatic nitrogens is 1. The Hall–Kier alpha value is -2.34. The van der Waals surface area contributed by atoms with Gasteiger partial charge in [-0.25, -0.2) is 0 Å². The first kappa shape index (κ1) is 21.4. The summed E-state index contributed by atoms with van der Waals surface area (Å²) in [5, 5.41) is 1.28. The number of esters is 2. The predicted molar refractivity (Wildman–Crippen MR) is 113 cm³/mol. The van der Waals surface area contributed by atoms with Crippen LogP contribution in [0.4, 0.5) is 0 Å². The van der Waals surface area contributed by atoms with Crippen LogP contribution in [-0.4, -0.2) is 47.7 Å². The van der Waals surface area contributed by atoms with Crippen molar-refractivity contribution in [2.24, 2.45) is 0 Å². The molecule has 2 aromatic rings. The summed E-state index contributed by atoms with van der Waals surface area (Å²) < 4.78 is 12.4. The highest BCUT2D eigenvalue weighted by molar-refractivity contribution is 5.86. The van der Waals surface area contributed by atoms with E-state index in [1.807, 2.05) is 13.8 Å². The zero-order valence-corrected chi connectivity index (χ0v) is 17.8. The second kappa shape index (κ2) is 9.92. The molecule has 29 heavy (non-hydrogen) atoms. The summed E-state index contributed by atoms with van der Waals surface area (Å²) in [7, 11) is 0. The molecule has 1 aromatic carbocycles. The molecule has 2 heterocycles. The molecule has 6 nitrogen and oxygen atoms in total. The highest BCUT2D eigenvalue weighted by atomic mass is 16.5. The fourth-order valence-corrected chi connectivity index (χ4v) is 4.18. The van der Waals surface area contributed by atoms with Crippen LogP contribution in [-0.2, 0) is 38.6 Å². The van der Waals surface area contributed by atoms with Crippen molar-refractivity contribution in [3.8, 4) is 0 Å². The number of nitrogens with zero attached hydrogens (tertiary/aromatic N) is 2. The Morgan fingerprint density at radius 1 is 1.03 bits per heavy atom. The fourth-order valence-electron chi connectivity index (χ4n) is 4.18. The zero-order chi connectivity index (χ0) is 20.8. The molecule has 6 heteroatoms. The molecule has 0 aliphatic carbocycles. The van der Waals surface area contributed by atoms with Crippen LogP contribution in [0.5, 0.6) is 0 Å². The van der Waals surface area contributed by atoms with E-state index in [1.165, 1.54) is 27.7 Å². The van der Waals surface area contributed by atoms with E-state index in [0.717, 1.165) is 32.5 Å². The van der Waals surface area contributed by atoms with Crippen molar-refractivity contribution >= 4 is 22.8 Å².